The summed E-state index contributed by atoms with van der Waals surface area (Å²) in [5.74, 6) is 0.280. The normalized spacial score (nSPS) is 30.1. The van der Waals surface area contributed by atoms with Gasteiger partial charge in [-0.1, -0.05) is 50.1 Å². The van der Waals surface area contributed by atoms with Gasteiger partial charge >= 0.3 is 0 Å². The fourth-order valence-electron chi connectivity index (χ4n) is 2.40. The third-order valence-electron chi connectivity index (χ3n) is 3.62. The summed E-state index contributed by atoms with van der Waals surface area (Å²) in [4.78, 5) is 0. The van der Waals surface area contributed by atoms with Crippen molar-refractivity contribution in [3.05, 3.63) is 35.9 Å². The maximum Gasteiger partial charge on any atom is 0.108 e. The molecule has 88 valence electrons. The molecule has 16 heavy (non-hydrogen) atoms. The summed E-state index contributed by atoms with van der Waals surface area (Å²) in [5.41, 5.74) is -0.0414. The SMILES string of the molecule is CCCC[C@H]1C[C@@]1(O)[C@H](O)c1ccccc1. The summed E-state index contributed by atoms with van der Waals surface area (Å²) in [6.45, 7) is 2.15. The molecule has 1 aliphatic carbocycles. The number of rotatable bonds is 5. The molecule has 0 heterocycles. The summed E-state index contributed by atoms with van der Waals surface area (Å²) in [5, 5.41) is 20.4. The second kappa shape index (κ2) is 4.56. The first-order valence-corrected chi connectivity index (χ1v) is 6.14. The fraction of sp³-hybridized carbons (Fsp3) is 0.571. The fourth-order valence-corrected chi connectivity index (χ4v) is 2.40. The van der Waals surface area contributed by atoms with Crippen LogP contribution in [0.4, 0.5) is 0 Å². The van der Waals surface area contributed by atoms with Crippen LogP contribution in [0.15, 0.2) is 30.3 Å². The Morgan fingerprint density at radius 2 is 2.06 bits per heavy atom. The number of hydrogen-bond acceptors (Lipinski definition) is 2. The van der Waals surface area contributed by atoms with Crippen LogP contribution in [-0.2, 0) is 0 Å². The van der Waals surface area contributed by atoms with E-state index in [2.05, 4.69) is 6.92 Å². The molecule has 2 nitrogen and oxygen atoms in total. The summed E-state index contributed by atoms with van der Waals surface area (Å²) in [7, 11) is 0. The van der Waals surface area contributed by atoms with Crippen LogP contribution < -0.4 is 0 Å². The lowest BCUT2D eigenvalue weighted by molar-refractivity contribution is -0.0144. The Morgan fingerprint density at radius 3 is 2.69 bits per heavy atom. The molecule has 0 radical (unpaired) electrons. The molecule has 0 spiro atoms. The third kappa shape index (κ3) is 2.13. The Kier molecular flexibility index (Phi) is 3.31. The maximum absolute atomic E-state index is 10.3. The van der Waals surface area contributed by atoms with Gasteiger partial charge in [0.25, 0.3) is 0 Å². The van der Waals surface area contributed by atoms with E-state index in [-0.39, 0.29) is 5.92 Å². The van der Waals surface area contributed by atoms with Crippen LogP contribution in [0.5, 0.6) is 0 Å². The third-order valence-corrected chi connectivity index (χ3v) is 3.62. The molecule has 0 amide bonds. The summed E-state index contributed by atoms with van der Waals surface area (Å²) >= 11 is 0. The molecular formula is C14H20O2. The van der Waals surface area contributed by atoms with Crippen molar-refractivity contribution in [2.75, 3.05) is 0 Å². The lowest BCUT2D eigenvalue weighted by Gasteiger charge is -2.18. The highest BCUT2D eigenvalue weighted by Gasteiger charge is 2.57. The first kappa shape index (κ1) is 11.6. The smallest absolute Gasteiger partial charge is 0.108 e. The molecule has 1 aliphatic rings. The zero-order chi connectivity index (χ0) is 11.6. The molecule has 2 rings (SSSR count). The lowest BCUT2D eigenvalue weighted by atomic mass is 9.99. The molecule has 2 N–H and O–H groups in total. The van der Waals surface area contributed by atoms with E-state index in [1.165, 1.54) is 0 Å². The predicted molar refractivity (Wildman–Crippen MR) is 64.0 cm³/mol. The Balaban J connectivity index is 1.99. The van der Waals surface area contributed by atoms with Gasteiger partial charge < -0.3 is 10.2 Å². The van der Waals surface area contributed by atoms with E-state index < -0.39 is 11.7 Å². The minimum absolute atomic E-state index is 0.280. The van der Waals surface area contributed by atoms with Gasteiger partial charge in [0.15, 0.2) is 0 Å². The summed E-state index contributed by atoms with van der Waals surface area (Å²) < 4.78 is 0. The van der Waals surface area contributed by atoms with Crippen molar-refractivity contribution >= 4 is 0 Å². The van der Waals surface area contributed by atoms with Gasteiger partial charge in [-0.25, -0.2) is 0 Å². The molecule has 1 saturated carbocycles. The molecule has 1 aromatic carbocycles. The molecule has 0 aliphatic heterocycles. The zero-order valence-corrected chi connectivity index (χ0v) is 9.76. The quantitative estimate of drug-likeness (QED) is 0.801. The van der Waals surface area contributed by atoms with Crippen molar-refractivity contribution in [1.29, 1.82) is 0 Å². The number of aliphatic hydroxyl groups excluding tert-OH is 1. The van der Waals surface area contributed by atoms with Crippen molar-refractivity contribution in [2.45, 2.75) is 44.3 Å². The Bertz CT molecular complexity index is 336. The Labute approximate surface area is 96.9 Å². The highest BCUT2D eigenvalue weighted by molar-refractivity contribution is 5.24. The van der Waals surface area contributed by atoms with Crippen molar-refractivity contribution in [3.8, 4) is 0 Å². The van der Waals surface area contributed by atoms with Crippen LogP contribution in [0.2, 0.25) is 0 Å². The number of unbranched alkanes of at least 4 members (excludes halogenated alkanes) is 1. The summed E-state index contributed by atoms with van der Waals surface area (Å²) in [6, 6.07) is 9.45. The van der Waals surface area contributed by atoms with Crippen molar-refractivity contribution in [2.24, 2.45) is 5.92 Å². The van der Waals surface area contributed by atoms with Crippen LogP contribution in [0, 0.1) is 5.92 Å². The standard InChI is InChI=1S/C14H20O2/c1-2-3-9-12-10-14(12,16)13(15)11-7-5-4-6-8-11/h4-8,12-13,15-16H,2-3,9-10H2,1H3/t12-,13+,14-/m0/s1. The average molecular weight is 220 g/mol. The molecule has 1 aromatic rings. The van der Waals surface area contributed by atoms with Crippen molar-refractivity contribution in [3.63, 3.8) is 0 Å². The molecule has 0 aromatic heterocycles. The maximum atomic E-state index is 10.3. The highest BCUT2D eigenvalue weighted by atomic mass is 16.3. The Hall–Kier alpha value is -0.860. The largest absolute Gasteiger partial charge is 0.387 e. The predicted octanol–water partition coefficient (Wildman–Crippen LogP) is 2.66. The van der Waals surface area contributed by atoms with Gasteiger partial charge in [-0.2, -0.15) is 0 Å². The molecule has 2 heteroatoms. The van der Waals surface area contributed by atoms with E-state index in [1.807, 2.05) is 30.3 Å². The monoisotopic (exact) mass is 220 g/mol. The van der Waals surface area contributed by atoms with Gasteiger partial charge in [-0.05, 0) is 24.3 Å². The van der Waals surface area contributed by atoms with Gasteiger partial charge in [-0.3, -0.25) is 0 Å². The minimum Gasteiger partial charge on any atom is -0.387 e. The number of benzene rings is 1. The van der Waals surface area contributed by atoms with Crippen LogP contribution >= 0.6 is 0 Å². The number of hydrogen-bond donors (Lipinski definition) is 2. The van der Waals surface area contributed by atoms with E-state index in [0.717, 1.165) is 31.2 Å². The Morgan fingerprint density at radius 1 is 1.38 bits per heavy atom. The average Bonchev–Trinajstić information content (AvgIpc) is 2.99. The molecule has 1 fully saturated rings. The van der Waals surface area contributed by atoms with E-state index in [1.54, 1.807) is 0 Å². The zero-order valence-electron chi connectivity index (χ0n) is 9.76. The van der Waals surface area contributed by atoms with Crippen LogP contribution in [-0.4, -0.2) is 15.8 Å². The molecular weight excluding hydrogens is 200 g/mol. The number of aliphatic hydroxyl groups is 2. The van der Waals surface area contributed by atoms with Crippen LogP contribution in [0.3, 0.4) is 0 Å². The highest BCUT2D eigenvalue weighted by Crippen LogP contribution is 2.54. The second-order valence-corrected chi connectivity index (χ2v) is 4.85. The van der Waals surface area contributed by atoms with Crippen molar-refractivity contribution in [1.82, 2.24) is 0 Å². The topological polar surface area (TPSA) is 40.5 Å². The van der Waals surface area contributed by atoms with E-state index in [4.69, 9.17) is 0 Å². The van der Waals surface area contributed by atoms with Gasteiger partial charge in [0.2, 0.25) is 0 Å². The molecule has 0 bridgehead atoms. The second-order valence-electron chi connectivity index (χ2n) is 4.85. The van der Waals surface area contributed by atoms with Crippen LogP contribution in [0.1, 0.15) is 44.3 Å². The van der Waals surface area contributed by atoms with Gasteiger partial charge in [-0.15, -0.1) is 0 Å². The van der Waals surface area contributed by atoms with Gasteiger partial charge in [0.05, 0.1) is 5.60 Å². The first-order valence-electron chi connectivity index (χ1n) is 6.14. The van der Waals surface area contributed by atoms with E-state index >= 15 is 0 Å². The van der Waals surface area contributed by atoms with E-state index in [9.17, 15) is 10.2 Å². The van der Waals surface area contributed by atoms with Gasteiger partial charge in [0.1, 0.15) is 6.10 Å². The molecule has 0 saturated heterocycles. The van der Waals surface area contributed by atoms with E-state index in [0.29, 0.717) is 0 Å². The lowest BCUT2D eigenvalue weighted by Crippen LogP contribution is -2.22. The first-order chi connectivity index (χ1) is 7.68. The van der Waals surface area contributed by atoms with Crippen molar-refractivity contribution < 1.29 is 10.2 Å². The van der Waals surface area contributed by atoms with Crippen LogP contribution in [0.25, 0.3) is 0 Å². The minimum atomic E-state index is -0.865. The van der Waals surface area contributed by atoms with Gasteiger partial charge in [0, 0.05) is 0 Å². The summed E-state index contributed by atoms with van der Waals surface area (Å²) in [6.07, 6.45) is 3.32. The molecule has 0 unspecified atom stereocenters. The molecule has 3 atom stereocenters.